The van der Waals surface area contributed by atoms with Crippen molar-refractivity contribution in [3.63, 3.8) is 0 Å². The van der Waals surface area contributed by atoms with E-state index in [1.807, 2.05) is 43.3 Å². The summed E-state index contributed by atoms with van der Waals surface area (Å²) < 4.78 is 5.00. The maximum atomic E-state index is 13.2. The zero-order valence-electron chi connectivity index (χ0n) is 14.3. The highest BCUT2D eigenvalue weighted by Gasteiger charge is 2.43. The normalized spacial score (nSPS) is 18.4. The summed E-state index contributed by atoms with van der Waals surface area (Å²) in [7, 11) is 1.33. The molecule has 0 spiro atoms. The van der Waals surface area contributed by atoms with Gasteiger partial charge in [-0.1, -0.05) is 54.1 Å². The number of fused-ring (bicyclic) bond motifs is 2. The first-order chi connectivity index (χ1) is 12.5. The van der Waals surface area contributed by atoms with Crippen molar-refractivity contribution in [3.8, 4) is 0 Å². The van der Waals surface area contributed by atoms with Gasteiger partial charge < -0.3 is 10.1 Å². The molecule has 0 amide bonds. The summed E-state index contributed by atoms with van der Waals surface area (Å²) in [6.07, 6.45) is 0. The van der Waals surface area contributed by atoms with Crippen molar-refractivity contribution in [2.75, 3.05) is 7.11 Å². The fourth-order valence-electron chi connectivity index (χ4n) is 3.73. The SMILES string of the molecule is COC(=O)C1=C(C)NC2=C(C(=O)c3ccccc32)[C@H]1c1ccccc1Cl. The number of esters is 1. The lowest BCUT2D eigenvalue weighted by Gasteiger charge is -2.29. The molecule has 26 heavy (non-hydrogen) atoms. The standard InChI is InChI=1S/C21H16ClNO3/c1-11-16(21(25)26-2)17(14-9-5-6-10-15(14)22)18-19(23-11)12-7-3-4-8-13(12)20(18)24/h3-10,17,23H,1-2H3/t17-/m0/s1. The van der Waals surface area contributed by atoms with Crippen LogP contribution in [0.2, 0.25) is 5.02 Å². The zero-order chi connectivity index (χ0) is 18.4. The molecule has 1 aliphatic heterocycles. The molecule has 2 aromatic carbocycles. The van der Waals surface area contributed by atoms with Crippen molar-refractivity contribution in [2.24, 2.45) is 0 Å². The lowest BCUT2D eigenvalue weighted by molar-refractivity contribution is -0.136. The average molecular weight is 366 g/mol. The number of methoxy groups -OCH3 is 1. The third-order valence-corrected chi connectivity index (χ3v) is 5.21. The van der Waals surface area contributed by atoms with Crippen molar-refractivity contribution in [2.45, 2.75) is 12.8 Å². The molecule has 4 nitrogen and oxygen atoms in total. The van der Waals surface area contributed by atoms with Crippen molar-refractivity contribution in [3.05, 3.63) is 87.1 Å². The summed E-state index contributed by atoms with van der Waals surface area (Å²) in [4.78, 5) is 25.7. The number of dihydropyridines is 1. The van der Waals surface area contributed by atoms with Crippen LogP contribution in [0.25, 0.3) is 5.70 Å². The minimum absolute atomic E-state index is 0.0954. The summed E-state index contributed by atoms with van der Waals surface area (Å²) in [5.74, 6) is -1.15. The van der Waals surface area contributed by atoms with Gasteiger partial charge in [0, 0.05) is 27.4 Å². The summed E-state index contributed by atoms with van der Waals surface area (Å²) in [6, 6.07) is 14.7. The molecule has 1 heterocycles. The Hall–Kier alpha value is -2.85. The quantitative estimate of drug-likeness (QED) is 0.815. The van der Waals surface area contributed by atoms with Crippen molar-refractivity contribution < 1.29 is 14.3 Å². The number of hydrogen-bond acceptors (Lipinski definition) is 4. The second-order valence-corrected chi connectivity index (χ2v) is 6.68. The predicted molar refractivity (Wildman–Crippen MR) is 99.7 cm³/mol. The van der Waals surface area contributed by atoms with Gasteiger partial charge >= 0.3 is 5.97 Å². The first kappa shape index (κ1) is 16.6. The third-order valence-electron chi connectivity index (χ3n) is 4.87. The number of carbonyl (C=O) groups excluding carboxylic acids is 2. The number of ether oxygens (including phenoxy) is 1. The Balaban J connectivity index is 1.99. The Morgan fingerprint density at radius 1 is 1.08 bits per heavy atom. The molecule has 0 aromatic heterocycles. The number of benzene rings is 2. The number of nitrogens with one attached hydrogen (secondary N) is 1. The van der Waals surface area contributed by atoms with Gasteiger partial charge in [0.2, 0.25) is 0 Å². The molecule has 2 aromatic rings. The summed E-state index contributed by atoms with van der Waals surface area (Å²) in [5.41, 5.74) is 4.51. The number of Topliss-reactive ketones (excluding diaryl/α,β-unsaturated/α-hetero) is 1. The second-order valence-electron chi connectivity index (χ2n) is 6.27. The van der Waals surface area contributed by atoms with Crippen LogP contribution in [0.15, 0.2) is 65.4 Å². The smallest absolute Gasteiger partial charge is 0.336 e. The van der Waals surface area contributed by atoms with Crippen LogP contribution < -0.4 is 5.32 Å². The van der Waals surface area contributed by atoms with E-state index >= 15 is 0 Å². The molecule has 0 radical (unpaired) electrons. The highest BCUT2D eigenvalue weighted by molar-refractivity contribution is 6.32. The molecule has 1 aliphatic carbocycles. The van der Waals surface area contributed by atoms with Crippen molar-refractivity contribution >= 4 is 29.1 Å². The fourth-order valence-corrected chi connectivity index (χ4v) is 3.97. The third kappa shape index (κ3) is 2.30. The molecule has 130 valence electrons. The zero-order valence-corrected chi connectivity index (χ0v) is 15.1. The number of allylic oxidation sites excluding steroid dienone is 2. The van der Waals surface area contributed by atoms with E-state index in [0.29, 0.717) is 33.0 Å². The molecule has 0 unspecified atom stereocenters. The molecular weight excluding hydrogens is 350 g/mol. The molecule has 0 bridgehead atoms. The van der Waals surface area contributed by atoms with Gasteiger partial charge in [-0.3, -0.25) is 4.79 Å². The van der Waals surface area contributed by atoms with E-state index in [9.17, 15) is 9.59 Å². The van der Waals surface area contributed by atoms with Crippen LogP contribution in [0, 0.1) is 0 Å². The molecule has 2 aliphatic rings. The molecule has 5 heteroatoms. The largest absolute Gasteiger partial charge is 0.466 e. The van der Waals surface area contributed by atoms with Gasteiger partial charge in [-0.2, -0.15) is 0 Å². The maximum absolute atomic E-state index is 13.2. The first-order valence-electron chi connectivity index (χ1n) is 8.23. The van der Waals surface area contributed by atoms with E-state index in [2.05, 4.69) is 5.32 Å². The summed E-state index contributed by atoms with van der Waals surface area (Å²) in [5, 5.41) is 3.75. The van der Waals surface area contributed by atoms with Crippen LogP contribution in [-0.2, 0) is 9.53 Å². The van der Waals surface area contributed by atoms with Crippen LogP contribution in [0.3, 0.4) is 0 Å². The first-order valence-corrected chi connectivity index (χ1v) is 8.61. The van der Waals surface area contributed by atoms with Crippen LogP contribution in [-0.4, -0.2) is 18.9 Å². The monoisotopic (exact) mass is 365 g/mol. The lowest BCUT2D eigenvalue weighted by atomic mass is 9.80. The Morgan fingerprint density at radius 2 is 1.73 bits per heavy atom. The molecule has 4 rings (SSSR count). The molecule has 0 fully saturated rings. The summed E-state index contributed by atoms with van der Waals surface area (Å²) >= 11 is 6.44. The lowest BCUT2D eigenvalue weighted by Crippen LogP contribution is -2.29. The van der Waals surface area contributed by atoms with Crippen LogP contribution in [0.4, 0.5) is 0 Å². The Bertz CT molecular complexity index is 1020. The minimum atomic E-state index is -0.577. The summed E-state index contributed by atoms with van der Waals surface area (Å²) in [6.45, 7) is 1.81. The highest BCUT2D eigenvalue weighted by Crippen LogP contribution is 2.47. The molecule has 0 saturated heterocycles. The van der Waals surface area contributed by atoms with Crippen molar-refractivity contribution in [1.29, 1.82) is 0 Å². The van der Waals surface area contributed by atoms with Gasteiger partial charge in [-0.15, -0.1) is 0 Å². The molecule has 0 saturated carbocycles. The van der Waals surface area contributed by atoms with Gasteiger partial charge in [-0.05, 0) is 18.6 Å². The predicted octanol–water partition coefficient (Wildman–Crippen LogP) is 4.08. The van der Waals surface area contributed by atoms with Crippen LogP contribution >= 0.6 is 11.6 Å². The van der Waals surface area contributed by atoms with Gasteiger partial charge in [0.1, 0.15) is 0 Å². The Kier molecular flexibility index (Phi) is 3.93. The van der Waals surface area contributed by atoms with E-state index < -0.39 is 11.9 Å². The van der Waals surface area contributed by atoms with Gasteiger partial charge in [0.05, 0.1) is 24.3 Å². The fraction of sp³-hybridized carbons (Fsp3) is 0.143. The van der Waals surface area contributed by atoms with Crippen molar-refractivity contribution in [1.82, 2.24) is 5.32 Å². The number of ketones is 1. The Morgan fingerprint density at radius 3 is 2.42 bits per heavy atom. The number of hydrogen-bond donors (Lipinski definition) is 1. The molecule has 1 N–H and O–H groups in total. The topological polar surface area (TPSA) is 55.4 Å². The average Bonchev–Trinajstić information content (AvgIpc) is 2.93. The van der Waals surface area contributed by atoms with Gasteiger partial charge in [-0.25, -0.2) is 4.79 Å². The van der Waals surface area contributed by atoms with Gasteiger partial charge in [0.15, 0.2) is 5.78 Å². The number of rotatable bonds is 2. The number of halogens is 1. The minimum Gasteiger partial charge on any atom is -0.466 e. The highest BCUT2D eigenvalue weighted by atomic mass is 35.5. The maximum Gasteiger partial charge on any atom is 0.336 e. The van der Waals surface area contributed by atoms with Crippen LogP contribution in [0.1, 0.15) is 34.3 Å². The Labute approximate surface area is 156 Å². The van der Waals surface area contributed by atoms with E-state index in [-0.39, 0.29) is 5.78 Å². The van der Waals surface area contributed by atoms with E-state index in [0.717, 1.165) is 11.3 Å². The van der Waals surface area contributed by atoms with E-state index in [4.69, 9.17) is 16.3 Å². The molecule has 1 atom stereocenters. The van der Waals surface area contributed by atoms with E-state index in [1.165, 1.54) is 7.11 Å². The van der Waals surface area contributed by atoms with Gasteiger partial charge in [0.25, 0.3) is 0 Å². The number of carbonyl (C=O) groups is 2. The van der Waals surface area contributed by atoms with E-state index in [1.54, 1.807) is 12.1 Å². The van der Waals surface area contributed by atoms with Crippen LogP contribution in [0.5, 0.6) is 0 Å². The molecular formula is C21H16ClNO3. The second kappa shape index (κ2) is 6.15.